The van der Waals surface area contributed by atoms with E-state index in [1.54, 1.807) is 30.3 Å². The maximum absolute atomic E-state index is 13.3. The molecule has 8 nitrogen and oxygen atoms in total. The van der Waals surface area contributed by atoms with Gasteiger partial charge in [-0.1, -0.05) is 95.0 Å². The molecule has 0 atom stereocenters. The molecule has 0 spiro atoms. The molecule has 10 heteroatoms. The lowest BCUT2D eigenvalue weighted by molar-refractivity contribution is 0.102. The molecular weight excluding hydrogens is 548 g/mol. The van der Waals surface area contributed by atoms with Gasteiger partial charge < -0.3 is 10.4 Å². The lowest BCUT2D eigenvalue weighted by atomic mass is 10.0. The van der Waals surface area contributed by atoms with Gasteiger partial charge >= 0.3 is 0 Å². The van der Waals surface area contributed by atoms with Crippen LogP contribution in [0.25, 0.3) is 10.8 Å². The standard InChI is InChI=1S/C30H40N2O6S2/c1-3-4-5-6-7-8-9-10-11-14-21-39(35,36)28-20-18-24(40(37,38)31-2)22-27(28)32-30(34)26-19-17-23-15-12-13-16-25(23)29(26)33/h12-13,15-20,22,31,33H,3-11,14,21H2,1-2H3,(H,32,34). The highest BCUT2D eigenvalue weighted by Crippen LogP contribution is 2.31. The van der Waals surface area contributed by atoms with Crippen LogP contribution in [0.4, 0.5) is 5.69 Å². The minimum atomic E-state index is -3.90. The molecule has 0 bridgehead atoms. The molecule has 3 N–H and O–H groups in total. The van der Waals surface area contributed by atoms with E-state index < -0.39 is 25.8 Å². The maximum Gasteiger partial charge on any atom is 0.259 e. The average Bonchev–Trinajstić information content (AvgIpc) is 2.94. The highest BCUT2D eigenvalue weighted by atomic mass is 32.2. The second-order valence-electron chi connectivity index (χ2n) is 10.0. The Hall–Kier alpha value is -2.95. The first-order valence-electron chi connectivity index (χ1n) is 13.9. The molecule has 0 aromatic heterocycles. The van der Waals surface area contributed by atoms with E-state index in [1.807, 2.05) is 0 Å². The van der Waals surface area contributed by atoms with Crippen molar-refractivity contribution in [1.82, 2.24) is 4.72 Å². The lowest BCUT2D eigenvalue weighted by Crippen LogP contribution is -2.21. The van der Waals surface area contributed by atoms with Gasteiger partial charge in [0.2, 0.25) is 10.0 Å². The zero-order chi connectivity index (χ0) is 29.2. The Morgan fingerprint density at radius 3 is 2.08 bits per heavy atom. The van der Waals surface area contributed by atoms with Crippen LogP contribution in [0.5, 0.6) is 5.75 Å². The van der Waals surface area contributed by atoms with Crippen LogP contribution >= 0.6 is 0 Å². The number of sulfone groups is 1. The summed E-state index contributed by atoms with van der Waals surface area (Å²) >= 11 is 0. The number of phenolic OH excluding ortho intramolecular Hbond substituents is 1. The van der Waals surface area contributed by atoms with Crippen molar-refractivity contribution in [2.24, 2.45) is 0 Å². The zero-order valence-corrected chi connectivity index (χ0v) is 24.9. The molecule has 0 fully saturated rings. The van der Waals surface area contributed by atoms with Crippen molar-refractivity contribution in [3.05, 3.63) is 60.2 Å². The van der Waals surface area contributed by atoms with E-state index in [4.69, 9.17) is 0 Å². The number of carbonyl (C=O) groups is 1. The highest BCUT2D eigenvalue weighted by molar-refractivity contribution is 7.91. The Morgan fingerprint density at radius 1 is 0.800 bits per heavy atom. The summed E-state index contributed by atoms with van der Waals surface area (Å²) < 4.78 is 53.7. The first-order valence-corrected chi connectivity index (χ1v) is 17.1. The van der Waals surface area contributed by atoms with Crippen LogP contribution in [-0.2, 0) is 19.9 Å². The van der Waals surface area contributed by atoms with Crippen LogP contribution in [0.2, 0.25) is 0 Å². The fraction of sp³-hybridized carbons (Fsp3) is 0.433. The maximum atomic E-state index is 13.3. The summed E-state index contributed by atoms with van der Waals surface area (Å²) in [6, 6.07) is 13.7. The molecule has 1 amide bonds. The van der Waals surface area contributed by atoms with Gasteiger partial charge in [0.15, 0.2) is 9.84 Å². The Bertz CT molecular complexity index is 1520. The predicted octanol–water partition coefficient (Wildman–Crippen LogP) is 6.40. The van der Waals surface area contributed by atoms with E-state index in [-0.39, 0.29) is 32.5 Å². The Labute approximate surface area is 238 Å². The molecule has 0 aliphatic rings. The molecule has 3 rings (SSSR count). The van der Waals surface area contributed by atoms with Crippen molar-refractivity contribution < 1.29 is 26.7 Å². The number of unbranched alkanes of at least 4 members (excludes halogenated alkanes) is 9. The zero-order valence-electron chi connectivity index (χ0n) is 23.3. The first kappa shape index (κ1) is 31.6. The van der Waals surface area contributed by atoms with Crippen molar-refractivity contribution in [3.8, 4) is 5.75 Å². The molecule has 3 aromatic carbocycles. The number of benzene rings is 3. The number of nitrogens with one attached hydrogen (secondary N) is 2. The number of carbonyl (C=O) groups excluding carboxylic acids is 1. The van der Waals surface area contributed by atoms with Gasteiger partial charge in [-0.15, -0.1) is 0 Å². The quantitative estimate of drug-likeness (QED) is 0.166. The summed E-state index contributed by atoms with van der Waals surface area (Å²) in [6.07, 6.45) is 10.6. The Kier molecular flexibility index (Phi) is 11.5. The van der Waals surface area contributed by atoms with Crippen molar-refractivity contribution in [1.29, 1.82) is 0 Å². The number of aromatic hydroxyl groups is 1. The van der Waals surface area contributed by atoms with E-state index in [2.05, 4.69) is 17.0 Å². The van der Waals surface area contributed by atoms with Crippen molar-refractivity contribution in [3.63, 3.8) is 0 Å². The number of hydrogen-bond donors (Lipinski definition) is 3. The molecule has 40 heavy (non-hydrogen) atoms. The second kappa shape index (κ2) is 14.6. The van der Waals surface area contributed by atoms with Crippen LogP contribution in [0.3, 0.4) is 0 Å². The van der Waals surface area contributed by atoms with Gasteiger partial charge in [-0.25, -0.2) is 21.6 Å². The molecule has 0 saturated heterocycles. The van der Waals surface area contributed by atoms with E-state index >= 15 is 0 Å². The van der Waals surface area contributed by atoms with Crippen LogP contribution < -0.4 is 10.0 Å². The molecular formula is C30H40N2O6S2. The lowest BCUT2D eigenvalue weighted by Gasteiger charge is -2.15. The van der Waals surface area contributed by atoms with Gasteiger partial charge in [0.25, 0.3) is 5.91 Å². The largest absolute Gasteiger partial charge is 0.506 e. The SMILES string of the molecule is CCCCCCCCCCCCS(=O)(=O)c1ccc(S(=O)(=O)NC)cc1NC(=O)c1ccc2ccccc2c1O. The normalized spacial score (nSPS) is 12.1. The fourth-order valence-electron chi connectivity index (χ4n) is 4.68. The number of sulfonamides is 1. The Balaban J connectivity index is 1.76. The molecule has 0 heterocycles. The number of phenols is 1. The van der Waals surface area contributed by atoms with Crippen molar-refractivity contribution >= 4 is 42.2 Å². The second-order valence-corrected chi connectivity index (χ2v) is 14.0. The molecule has 0 aliphatic heterocycles. The summed E-state index contributed by atoms with van der Waals surface area (Å²) in [5, 5.41) is 14.5. The van der Waals surface area contributed by atoms with Crippen LogP contribution in [0.15, 0.2) is 64.4 Å². The Morgan fingerprint density at radius 2 is 1.43 bits per heavy atom. The number of amides is 1. The number of rotatable bonds is 16. The van der Waals surface area contributed by atoms with Crippen molar-refractivity contribution in [2.75, 3.05) is 18.1 Å². The molecule has 218 valence electrons. The van der Waals surface area contributed by atoms with Crippen LogP contribution in [0.1, 0.15) is 81.5 Å². The monoisotopic (exact) mass is 588 g/mol. The summed E-state index contributed by atoms with van der Waals surface area (Å²) in [5.41, 5.74) is -0.209. The molecule has 0 saturated carbocycles. The van der Waals surface area contributed by atoms with Crippen LogP contribution in [0, 0.1) is 0 Å². The van der Waals surface area contributed by atoms with Gasteiger partial charge in [0.05, 0.1) is 26.8 Å². The molecule has 0 radical (unpaired) electrons. The third-order valence-electron chi connectivity index (χ3n) is 7.03. The van der Waals surface area contributed by atoms with Gasteiger partial charge in [-0.2, -0.15) is 0 Å². The minimum absolute atomic E-state index is 0.0568. The summed E-state index contributed by atoms with van der Waals surface area (Å²) in [4.78, 5) is 12.9. The van der Waals surface area contributed by atoms with Gasteiger partial charge in [0, 0.05) is 5.39 Å². The summed E-state index contributed by atoms with van der Waals surface area (Å²) in [5.74, 6) is -1.12. The topological polar surface area (TPSA) is 130 Å². The van der Waals surface area contributed by atoms with E-state index in [9.17, 15) is 26.7 Å². The molecule has 0 aliphatic carbocycles. The van der Waals surface area contributed by atoms with E-state index in [1.165, 1.54) is 57.4 Å². The van der Waals surface area contributed by atoms with Crippen LogP contribution in [-0.4, -0.2) is 40.6 Å². The fourth-order valence-corrected chi connectivity index (χ4v) is 6.96. The molecule has 0 unspecified atom stereocenters. The highest BCUT2D eigenvalue weighted by Gasteiger charge is 2.24. The van der Waals surface area contributed by atoms with E-state index in [0.29, 0.717) is 11.8 Å². The molecule has 3 aromatic rings. The third kappa shape index (κ3) is 8.28. The number of fused-ring (bicyclic) bond motifs is 1. The van der Waals surface area contributed by atoms with Crippen molar-refractivity contribution in [2.45, 2.75) is 80.9 Å². The van der Waals surface area contributed by atoms with E-state index in [0.717, 1.165) is 37.1 Å². The van der Waals surface area contributed by atoms with Gasteiger partial charge in [-0.05, 0) is 43.1 Å². The summed E-state index contributed by atoms with van der Waals surface area (Å²) in [6.45, 7) is 2.19. The van der Waals surface area contributed by atoms with Gasteiger partial charge in [0.1, 0.15) is 5.75 Å². The number of anilines is 1. The minimum Gasteiger partial charge on any atom is -0.506 e. The average molecular weight is 589 g/mol. The predicted molar refractivity (Wildman–Crippen MR) is 160 cm³/mol. The summed E-state index contributed by atoms with van der Waals surface area (Å²) in [7, 11) is -6.49. The smallest absolute Gasteiger partial charge is 0.259 e. The number of hydrogen-bond acceptors (Lipinski definition) is 6. The van der Waals surface area contributed by atoms with Gasteiger partial charge in [-0.3, -0.25) is 4.79 Å². The first-order chi connectivity index (χ1) is 19.1. The third-order valence-corrected chi connectivity index (χ3v) is 10.3.